The van der Waals surface area contributed by atoms with Crippen LogP contribution < -0.4 is 16.2 Å². The fourth-order valence-electron chi connectivity index (χ4n) is 1.19. The first-order chi connectivity index (χ1) is 8.43. The molecule has 0 heterocycles. The first-order valence-electron chi connectivity index (χ1n) is 5.20. The second-order valence-electron chi connectivity index (χ2n) is 3.56. The van der Waals surface area contributed by atoms with Crippen LogP contribution in [0.1, 0.15) is 5.56 Å². The fourth-order valence-corrected chi connectivity index (χ4v) is 1.71. The standard InChI is InChI=1S/C11H16N4O2S/c1-2-7-14-11(12)15-8-9-3-5-10(6-4-9)18(13,16)17/h2-6H,1,7-8H2,(H3,12,14,15)(H2,13,16,17). The second-order valence-corrected chi connectivity index (χ2v) is 5.12. The van der Waals surface area contributed by atoms with Gasteiger partial charge in [-0.2, -0.15) is 0 Å². The molecule has 0 amide bonds. The Labute approximate surface area is 106 Å². The summed E-state index contributed by atoms with van der Waals surface area (Å²) in [4.78, 5) is 4.16. The third-order valence-electron chi connectivity index (χ3n) is 2.11. The molecule has 7 heteroatoms. The second kappa shape index (κ2) is 6.18. The van der Waals surface area contributed by atoms with Gasteiger partial charge in [-0.25, -0.2) is 18.5 Å². The zero-order chi connectivity index (χ0) is 13.6. The highest BCUT2D eigenvalue weighted by Crippen LogP contribution is 2.09. The van der Waals surface area contributed by atoms with Crippen molar-refractivity contribution in [1.29, 1.82) is 0 Å². The van der Waals surface area contributed by atoms with Crippen molar-refractivity contribution in [3.8, 4) is 0 Å². The number of nitrogens with zero attached hydrogens (tertiary/aromatic N) is 1. The van der Waals surface area contributed by atoms with Crippen LogP contribution in [0.5, 0.6) is 0 Å². The maximum Gasteiger partial charge on any atom is 0.238 e. The van der Waals surface area contributed by atoms with Gasteiger partial charge in [0.15, 0.2) is 5.96 Å². The summed E-state index contributed by atoms with van der Waals surface area (Å²) in [5, 5.41) is 7.82. The van der Waals surface area contributed by atoms with Gasteiger partial charge in [0.1, 0.15) is 0 Å². The predicted molar refractivity (Wildman–Crippen MR) is 71.3 cm³/mol. The van der Waals surface area contributed by atoms with E-state index in [1.807, 2.05) is 0 Å². The lowest BCUT2D eigenvalue weighted by atomic mass is 10.2. The summed E-state index contributed by atoms with van der Waals surface area (Å²) in [6.45, 7) is 4.45. The van der Waals surface area contributed by atoms with E-state index >= 15 is 0 Å². The Bertz CT molecular complexity index is 535. The van der Waals surface area contributed by atoms with Crippen LogP contribution in [0.15, 0.2) is 46.8 Å². The van der Waals surface area contributed by atoms with Crippen LogP contribution in [0.3, 0.4) is 0 Å². The molecule has 0 atom stereocenters. The van der Waals surface area contributed by atoms with Gasteiger partial charge >= 0.3 is 0 Å². The number of nitrogens with one attached hydrogen (secondary N) is 1. The molecule has 0 unspecified atom stereocenters. The maximum absolute atomic E-state index is 11.0. The van der Waals surface area contributed by atoms with E-state index in [4.69, 9.17) is 10.9 Å². The van der Waals surface area contributed by atoms with Crippen LogP contribution in [-0.2, 0) is 16.6 Å². The number of nitrogens with two attached hydrogens (primary N) is 2. The SMILES string of the molecule is C=CCNC(N)=NCc1ccc(S(N)(=O)=O)cc1. The van der Waals surface area contributed by atoms with Crippen molar-refractivity contribution >= 4 is 16.0 Å². The Morgan fingerprint density at radius 2 is 2.00 bits per heavy atom. The molecule has 0 spiro atoms. The van der Waals surface area contributed by atoms with Crippen LogP contribution in [0, 0.1) is 0 Å². The molecule has 18 heavy (non-hydrogen) atoms. The van der Waals surface area contributed by atoms with E-state index in [0.717, 1.165) is 5.56 Å². The number of sulfonamides is 1. The van der Waals surface area contributed by atoms with Gasteiger partial charge < -0.3 is 11.1 Å². The summed E-state index contributed by atoms with van der Waals surface area (Å²) in [5.41, 5.74) is 6.42. The van der Waals surface area contributed by atoms with Crippen LogP contribution >= 0.6 is 0 Å². The Hall–Kier alpha value is -1.86. The number of primary sulfonamides is 1. The van der Waals surface area contributed by atoms with Gasteiger partial charge in [-0.3, -0.25) is 0 Å². The van der Waals surface area contributed by atoms with Crippen LogP contribution in [0.25, 0.3) is 0 Å². The highest BCUT2D eigenvalue weighted by atomic mass is 32.2. The third kappa shape index (κ3) is 4.56. The van der Waals surface area contributed by atoms with Crippen LogP contribution in [0.4, 0.5) is 0 Å². The molecule has 1 aromatic rings. The topological polar surface area (TPSA) is 111 Å². The zero-order valence-electron chi connectivity index (χ0n) is 9.83. The predicted octanol–water partition coefficient (Wildman–Crippen LogP) is -0.0757. The van der Waals surface area contributed by atoms with Gasteiger partial charge in [-0.05, 0) is 17.7 Å². The van der Waals surface area contributed by atoms with Crippen molar-refractivity contribution in [2.45, 2.75) is 11.4 Å². The van der Waals surface area contributed by atoms with E-state index in [1.54, 1.807) is 18.2 Å². The minimum absolute atomic E-state index is 0.0768. The molecule has 0 aliphatic heterocycles. The molecule has 1 rings (SSSR count). The van der Waals surface area contributed by atoms with Crippen molar-refractivity contribution in [2.75, 3.05) is 6.54 Å². The Balaban J connectivity index is 2.67. The molecule has 0 aliphatic rings. The Morgan fingerprint density at radius 3 is 2.50 bits per heavy atom. The number of hydrogen-bond donors (Lipinski definition) is 3. The average molecular weight is 268 g/mol. The van der Waals surface area contributed by atoms with Gasteiger partial charge in [0.25, 0.3) is 0 Å². The van der Waals surface area contributed by atoms with Gasteiger partial charge in [0.05, 0.1) is 11.4 Å². The highest BCUT2D eigenvalue weighted by molar-refractivity contribution is 7.89. The number of benzene rings is 1. The molecular weight excluding hydrogens is 252 g/mol. The van der Waals surface area contributed by atoms with E-state index in [-0.39, 0.29) is 4.90 Å². The minimum Gasteiger partial charge on any atom is -0.370 e. The molecule has 0 aromatic heterocycles. The molecule has 98 valence electrons. The maximum atomic E-state index is 11.0. The molecule has 0 bridgehead atoms. The van der Waals surface area contributed by atoms with Gasteiger partial charge in [0, 0.05) is 6.54 Å². The first-order valence-corrected chi connectivity index (χ1v) is 6.74. The van der Waals surface area contributed by atoms with Gasteiger partial charge in [-0.1, -0.05) is 18.2 Å². The average Bonchev–Trinajstić information content (AvgIpc) is 2.33. The van der Waals surface area contributed by atoms with Crippen molar-refractivity contribution < 1.29 is 8.42 Å². The number of aliphatic imine (C=N–C) groups is 1. The summed E-state index contributed by atoms with van der Waals surface area (Å²) >= 11 is 0. The summed E-state index contributed by atoms with van der Waals surface area (Å²) < 4.78 is 22.1. The number of guanidine groups is 1. The molecule has 6 nitrogen and oxygen atoms in total. The zero-order valence-corrected chi connectivity index (χ0v) is 10.7. The summed E-state index contributed by atoms with van der Waals surface area (Å²) in [7, 11) is -3.65. The molecule has 0 fully saturated rings. The molecule has 0 saturated carbocycles. The van der Waals surface area contributed by atoms with Crippen LogP contribution in [-0.4, -0.2) is 20.9 Å². The molecule has 0 saturated heterocycles. The largest absolute Gasteiger partial charge is 0.370 e. The normalized spacial score (nSPS) is 12.2. The molecular formula is C11H16N4O2S. The van der Waals surface area contributed by atoms with E-state index < -0.39 is 10.0 Å². The lowest BCUT2D eigenvalue weighted by Crippen LogP contribution is -2.31. The number of hydrogen-bond acceptors (Lipinski definition) is 3. The van der Waals surface area contributed by atoms with Crippen molar-refractivity contribution in [1.82, 2.24) is 5.32 Å². The van der Waals surface area contributed by atoms with Crippen LogP contribution in [0.2, 0.25) is 0 Å². The van der Waals surface area contributed by atoms with Gasteiger partial charge in [0.2, 0.25) is 10.0 Å². The van der Waals surface area contributed by atoms with Crippen molar-refractivity contribution in [2.24, 2.45) is 15.9 Å². The van der Waals surface area contributed by atoms with Gasteiger partial charge in [-0.15, -0.1) is 6.58 Å². The lowest BCUT2D eigenvalue weighted by molar-refractivity contribution is 0.598. The summed E-state index contributed by atoms with van der Waals surface area (Å²) in [6, 6.07) is 6.16. The fraction of sp³-hybridized carbons (Fsp3) is 0.182. The number of rotatable bonds is 5. The monoisotopic (exact) mass is 268 g/mol. The minimum atomic E-state index is -3.65. The van der Waals surface area contributed by atoms with E-state index in [2.05, 4.69) is 16.9 Å². The smallest absolute Gasteiger partial charge is 0.238 e. The first kappa shape index (κ1) is 14.2. The quantitative estimate of drug-likeness (QED) is 0.394. The van der Waals surface area contributed by atoms with Crippen molar-refractivity contribution in [3.05, 3.63) is 42.5 Å². The van der Waals surface area contributed by atoms with Crippen molar-refractivity contribution in [3.63, 3.8) is 0 Å². The molecule has 0 aliphatic carbocycles. The van der Waals surface area contributed by atoms with E-state index in [0.29, 0.717) is 19.0 Å². The molecule has 1 aromatic carbocycles. The lowest BCUT2D eigenvalue weighted by Gasteiger charge is -2.03. The Kier molecular flexibility index (Phi) is 4.87. The molecule has 5 N–H and O–H groups in total. The highest BCUT2D eigenvalue weighted by Gasteiger charge is 2.06. The molecule has 0 radical (unpaired) electrons. The van der Waals surface area contributed by atoms with E-state index in [9.17, 15) is 8.42 Å². The third-order valence-corrected chi connectivity index (χ3v) is 3.04. The van der Waals surface area contributed by atoms with E-state index in [1.165, 1.54) is 12.1 Å². The summed E-state index contributed by atoms with van der Waals surface area (Å²) in [5.74, 6) is 0.311. The summed E-state index contributed by atoms with van der Waals surface area (Å²) in [6.07, 6.45) is 1.67. The Morgan fingerprint density at radius 1 is 1.39 bits per heavy atom.